The average molecular weight is 352 g/mol. The number of hydrogen-bond acceptors (Lipinski definition) is 4. The molecular weight excluding hydrogens is 338 g/mol. The summed E-state index contributed by atoms with van der Waals surface area (Å²) in [4.78, 5) is 10.7. The highest BCUT2D eigenvalue weighted by Gasteiger charge is 2.19. The van der Waals surface area contributed by atoms with Crippen molar-refractivity contribution in [2.45, 2.75) is 11.9 Å². The van der Waals surface area contributed by atoms with Gasteiger partial charge in [0.2, 0.25) is 0 Å². The molecule has 21 heavy (non-hydrogen) atoms. The van der Waals surface area contributed by atoms with Crippen LogP contribution in [0.2, 0.25) is 0 Å². The number of alkyl halides is 1. The molecule has 0 aliphatic heterocycles. The maximum atomic E-state index is 11.1. The van der Waals surface area contributed by atoms with Crippen LogP contribution in [-0.4, -0.2) is 12.0 Å². The van der Waals surface area contributed by atoms with Gasteiger partial charge in [0.25, 0.3) is 5.69 Å². The molecule has 0 bridgehead atoms. The molecule has 2 rings (SSSR count). The van der Waals surface area contributed by atoms with E-state index in [1.165, 1.54) is 13.2 Å². The molecule has 0 unspecified atom stereocenters. The van der Waals surface area contributed by atoms with Crippen LogP contribution in [0, 0.1) is 10.1 Å². The van der Waals surface area contributed by atoms with E-state index >= 15 is 0 Å². The Balaban J connectivity index is 2.29. The van der Waals surface area contributed by atoms with Crippen LogP contribution >= 0.6 is 15.9 Å². The molecule has 0 radical (unpaired) electrons. The molecule has 0 aromatic heterocycles. The summed E-state index contributed by atoms with van der Waals surface area (Å²) in [6.07, 6.45) is 0. The lowest BCUT2D eigenvalue weighted by Crippen LogP contribution is -2.01. The Labute approximate surface area is 130 Å². The minimum absolute atomic E-state index is 0.00994. The topological polar surface area (TPSA) is 61.6 Å². The van der Waals surface area contributed by atoms with Crippen LogP contribution in [0.3, 0.4) is 0 Å². The molecule has 2 aromatic rings. The van der Waals surface area contributed by atoms with Crippen molar-refractivity contribution < 1.29 is 14.4 Å². The lowest BCUT2D eigenvalue weighted by Gasteiger charge is -2.12. The second-order valence-electron chi connectivity index (χ2n) is 4.30. The number of rotatable bonds is 6. The van der Waals surface area contributed by atoms with E-state index in [0.717, 1.165) is 5.56 Å². The van der Waals surface area contributed by atoms with Crippen LogP contribution in [0.4, 0.5) is 5.69 Å². The zero-order valence-corrected chi connectivity index (χ0v) is 13.0. The maximum Gasteiger partial charge on any atom is 0.277 e. The van der Waals surface area contributed by atoms with Crippen molar-refractivity contribution in [3.63, 3.8) is 0 Å². The molecule has 0 N–H and O–H groups in total. The normalized spacial score (nSPS) is 10.2. The summed E-state index contributed by atoms with van der Waals surface area (Å²) in [7, 11) is 1.51. The van der Waals surface area contributed by atoms with E-state index < -0.39 is 4.92 Å². The van der Waals surface area contributed by atoms with Gasteiger partial charge in [0.05, 0.1) is 18.1 Å². The fourth-order valence-electron chi connectivity index (χ4n) is 1.88. The summed E-state index contributed by atoms with van der Waals surface area (Å²) >= 11 is 3.24. The summed E-state index contributed by atoms with van der Waals surface area (Å²) in [5, 5.41) is 11.5. The van der Waals surface area contributed by atoms with Crippen LogP contribution < -0.4 is 9.47 Å². The van der Waals surface area contributed by atoms with Crippen molar-refractivity contribution in [1.29, 1.82) is 0 Å². The van der Waals surface area contributed by atoms with Gasteiger partial charge in [-0.3, -0.25) is 10.1 Å². The molecule has 6 heteroatoms. The number of halogens is 1. The number of nitro groups is 1. The minimum Gasteiger partial charge on any atom is -0.493 e. The van der Waals surface area contributed by atoms with Gasteiger partial charge < -0.3 is 9.47 Å². The van der Waals surface area contributed by atoms with Crippen LogP contribution in [0.1, 0.15) is 11.1 Å². The van der Waals surface area contributed by atoms with Gasteiger partial charge in [-0.25, -0.2) is 0 Å². The SMILES string of the molecule is COc1cc(CBr)c([N+](=O)[O-])cc1OCc1ccccc1. The van der Waals surface area contributed by atoms with Gasteiger partial charge in [-0.2, -0.15) is 0 Å². The first-order valence-electron chi connectivity index (χ1n) is 6.23. The summed E-state index contributed by atoms with van der Waals surface area (Å²) in [5.41, 5.74) is 1.53. The predicted molar refractivity (Wildman–Crippen MR) is 83.1 cm³/mol. The average Bonchev–Trinajstić information content (AvgIpc) is 2.52. The van der Waals surface area contributed by atoms with Gasteiger partial charge in [-0.05, 0) is 11.6 Å². The van der Waals surface area contributed by atoms with Crippen LogP contribution in [0.15, 0.2) is 42.5 Å². The highest BCUT2D eigenvalue weighted by Crippen LogP contribution is 2.36. The van der Waals surface area contributed by atoms with Crippen LogP contribution in [0.25, 0.3) is 0 Å². The fraction of sp³-hybridized carbons (Fsp3) is 0.200. The quantitative estimate of drug-likeness (QED) is 0.447. The third-order valence-corrected chi connectivity index (χ3v) is 3.55. The van der Waals surface area contributed by atoms with Gasteiger partial charge in [0, 0.05) is 10.9 Å². The highest BCUT2D eigenvalue weighted by molar-refractivity contribution is 9.08. The second-order valence-corrected chi connectivity index (χ2v) is 4.86. The Kier molecular flexibility index (Phi) is 5.16. The first kappa shape index (κ1) is 15.3. The molecule has 0 spiro atoms. The molecular formula is C15H14BrNO4. The Bertz CT molecular complexity index is 631. The second kappa shape index (κ2) is 7.08. The number of nitro benzene ring substituents is 1. The zero-order valence-electron chi connectivity index (χ0n) is 11.4. The van der Waals surface area contributed by atoms with Crippen molar-refractivity contribution in [2.24, 2.45) is 0 Å². The van der Waals surface area contributed by atoms with Crippen molar-refractivity contribution in [1.82, 2.24) is 0 Å². The zero-order chi connectivity index (χ0) is 15.2. The van der Waals surface area contributed by atoms with Gasteiger partial charge in [0.15, 0.2) is 11.5 Å². The lowest BCUT2D eigenvalue weighted by atomic mass is 10.2. The van der Waals surface area contributed by atoms with Gasteiger partial charge in [-0.1, -0.05) is 46.3 Å². The number of nitrogens with zero attached hydrogens (tertiary/aromatic N) is 1. The highest BCUT2D eigenvalue weighted by atomic mass is 79.9. The van der Waals surface area contributed by atoms with E-state index in [1.807, 2.05) is 30.3 Å². The summed E-state index contributed by atoms with van der Waals surface area (Å²) in [6, 6.07) is 12.6. The Hall–Kier alpha value is -2.08. The lowest BCUT2D eigenvalue weighted by molar-refractivity contribution is -0.385. The molecule has 0 saturated heterocycles. The van der Waals surface area contributed by atoms with Gasteiger partial charge in [-0.15, -0.1) is 0 Å². The van der Waals surface area contributed by atoms with Crippen LogP contribution in [-0.2, 0) is 11.9 Å². The van der Waals surface area contributed by atoms with E-state index in [0.29, 0.717) is 29.0 Å². The Morgan fingerprint density at radius 2 is 1.90 bits per heavy atom. The maximum absolute atomic E-state index is 11.1. The first-order chi connectivity index (χ1) is 10.2. The Morgan fingerprint density at radius 3 is 2.48 bits per heavy atom. The van der Waals surface area contributed by atoms with E-state index in [9.17, 15) is 10.1 Å². The van der Waals surface area contributed by atoms with E-state index in [4.69, 9.17) is 9.47 Å². The van der Waals surface area contributed by atoms with Crippen LogP contribution in [0.5, 0.6) is 11.5 Å². The first-order valence-corrected chi connectivity index (χ1v) is 7.36. The summed E-state index contributed by atoms with van der Waals surface area (Å²) in [5.74, 6) is 0.837. The molecule has 5 nitrogen and oxygen atoms in total. The van der Waals surface area contributed by atoms with Gasteiger partial charge >= 0.3 is 0 Å². The molecule has 0 atom stereocenters. The summed E-state index contributed by atoms with van der Waals surface area (Å²) < 4.78 is 10.9. The monoisotopic (exact) mass is 351 g/mol. The van der Waals surface area contributed by atoms with Gasteiger partial charge in [0.1, 0.15) is 6.61 Å². The molecule has 2 aromatic carbocycles. The van der Waals surface area contributed by atoms with Crippen molar-refractivity contribution >= 4 is 21.6 Å². The predicted octanol–water partition coefficient (Wildman–Crippen LogP) is 4.08. The molecule has 0 fully saturated rings. The van der Waals surface area contributed by atoms with E-state index in [2.05, 4.69) is 15.9 Å². The van der Waals surface area contributed by atoms with Crippen molar-refractivity contribution in [2.75, 3.05) is 7.11 Å². The molecule has 110 valence electrons. The molecule has 0 saturated carbocycles. The third kappa shape index (κ3) is 3.72. The Morgan fingerprint density at radius 1 is 1.19 bits per heavy atom. The standard InChI is InChI=1S/C15H14BrNO4/c1-20-14-7-12(9-16)13(17(18)19)8-15(14)21-10-11-5-3-2-4-6-11/h2-8H,9-10H2,1H3. The summed E-state index contributed by atoms with van der Waals surface area (Å²) in [6.45, 7) is 0.321. The smallest absolute Gasteiger partial charge is 0.277 e. The van der Waals surface area contributed by atoms with E-state index in [-0.39, 0.29) is 5.69 Å². The molecule has 0 aliphatic rings. The largest absolute Gasteiger partial charge is 0.493 e. The van der Waals surface area contributed by atoms with Crippen molar-refractivity contribution in [3.8, 4) is 11.5 Å². The number of benzene rings is 2. The van der Waals surface area contributed by atoms with Crippen molar-refractivity contribution in [3.05, 3.63) is 63.7 Å². The third-order valence-electron chi connectivity index (χ3n) is 2.94. The number of hydrogen-bond donors (Lipinski definition) is 0. The number of methoxy groups -OCH3 is 1. The molecule has 0 heterocycles. The molecule has 0 amide bonds. The number of ether oxygens (including phenoxy) is 2. The minimum atomic E-state index is -0.425. The fourth-order valence-corrected chi connectivity index (χ4v) is 2.33. The van der Waals surface area contributed by atoms with E-state index in [1.54, 1.807) is 6.07 Å². The molecule has 0 aliphatic carbocycles.